The van der Waals surface area contributed by atoms with E-state index in [1.165, 1.54) is 5.57 Å². The first-order valence-electron chi connectivity index (χ1n) is 11.4. The largest absolute Gasteiger partial charge is 0.493 e. The number of fused-ring (bicyclic) bond motifs is 1. The van der Waals surface area contributed by atoms with Gasteiger partial charge in [-0.3, -0.25) is 9.59 Å². The summed E-state index contributed by atoms with van der Waals surface area (Å²) in [6.45, 7) is 10.6. The number of esters is 1. The molecule has 0 saturated heterocycles. The second-order valence-electron chi connectivity index (χ2n) is 9.92. The summed E-state index contributed by atoms with van der Waals surface area (Å²) in [6, 6.07) is 0. The van der Waals surface area contributed by atoms with E-state index in [0.717, 1.165) is 30.4 Å². The summed E-state index contributed by atoms with van der Waals surface area (Å²) in [5.74, 6) is 0.0596. The topological polar surface area (TPSA) is 61.8 Å². The van der Waals surface area contributed by atoms with Crippen LogP contribution in [0.1, 0.15) is 73.1 Å². The summed E-state index contributed by atoms with van der Waals surface area (Å²) in [5, 5.41) is 0. The van der Waals surface area contributed by atoms with E-state index in [4.69, 9.17) is 14.2 Å². The molecule has 1 saturated carbocycles. The van der Waals surface area contributed by atoms with E-state index in [1.54, 1.807) is 20.1 Å². The molecule has 1 unspecified atom stereocenters. The molecule has 3 rings (SSSR count). The van der Waals surface area contributed by atoms with Crippen LogP contribution in [-0.4, -0.2) is 37.2 Å². The van der Waals surface area contributed by atoms with E-state index in [9.17, 15) is 9.59 Å². The molecule has 3 aliphatic rings. The van der Waals surface area contributed by atoms with Gasteiger partial charge in [-0.05, 0) is 70.6 Å². The zero-order chi connectivity index (χ0) is 22.8. The number of carbonyl (C=O) groups is 2. The Hall–Kier alpha value is -2.10. The van der Waals surface area contributed by atoms with Crippen LogP contribution in [0.5, 0.6) is 0 Å². The predicted molar refractivity (Wildman–Crippen MR) is 119 cm³/mol. The zero-order valence-electron chi connectivity index (χ0n) is 19.8. The van der Waals surface area contributed by atoms with Crippen molar-refractivity contribution >= 4 is 11.8 Å². The zero-order valence-corrected chi connectivity index (χ0v) is 19.8. The van der Waals surface area contributed by atoms with Crippen molar-refractivity contribution in [1.29, 1.82) is 0 Å². The molecule has 0 bridgehead atoms. The molecule has 0 aromatic heterocycles. The molecule has 0 amide bonds. The van der Waals surface area contributed by atoms with Gasteiger partial charge in [0.15, 0.2) is 5.78 Å². The summed E-state index contributed by atoms with van der Waals surface area (Å²) >= 11 is 0. The number of ether oxygens (including phenoxy) is 3. The second kappa shape index (κ2) is 9.18. The lowest BCUT2D eigenvalue weighted by Gasteiger charge is -2.40. The monoisotopic (exact) mass is 428 g/mol. The summed E-state index contributed by atoms with van der Waals surface area (Å²) in [6.07, 6.45) is 7.70. The Morgan fingerprint density at radius 2 is 2.06 bits per heavy atom. The number of ketones is 1. The Balaban J connectivity index is 1.94. The van der Waals surface area contributed by atoms with E-state index in [-0.39, 0.29) is 28.9 Å². The van der Waals surface area contributed by atoms with Gasteiger partial charge in [0, 0.05) is 18.3 Å². The summed E-state index contributed by atoms with van der Waals surface area (Å²) in [5.41, 5.74) is 5.56. The third-order valence-corrected chi connectivity index (χ3v) is 6.70. The Labute approximate surface area is 186 Å². The van der Waals surface area contributed by atoms with Gasteiger partial charge in [-0.2, -0.15) is 0 Å². The average Bonchev–Trinajstić information content (AvgIpc) is 3.03. The molecule has 0 spiro atoms. The maximum absolute atomic E-state index is 13.1. The van der Waals surface area contributed by atoms with Gasteiger partial charge in [-0.1, -0.05) is 24.3 Å². The Morgan fingerprint density at radius 3 is 2.71 bits per heavy atom. The molecule has 5 nitrogen and oxygen atoms in total. The van der Waals surface area contributed by atoms with Gasteiger partial charge >= 0.3 is 5.97 Å². The Kier molecular flexibility index (Phi) is 6.98. The van der Waals surface area contributed by atoms with Gasteiger partial charge < -0.3 is 14.2 Å². The van der Waals surface area contributed by atoms with Crippen LogP contribution >= 0.6 is 0 Å². The molecular weight excluding hydrogens is 392 g/mol. The molecule has 3 atom stereocenters. The molecule has 5 heteroatoms. The minimum absolute atomic E-state index is 0.0894. The number of carbonyl (C=O) groups excluding carboxylic acids is 2. The van der Waals surface area contributed by atoms with Crippen molar-refractivity contribution < 1.29 is 23.8 Å². The van der Waals surface area contributed by atoms with Crippen molar-refractivity contribution in [3.8, 4) is 0 Å². The van der Waals surface area contributed by atoms with Crippen LogP contribution < -0.4 is 0 Å². The van der Waals surface area contributed by atoms with Crippen LogP contribution in [0.3, 0.4) is 0 Å². The highest BCUT2D eigenvalue weighted by Gasteiger charge is 2.49. The molecule has 0 N–H and O–H groups in total. The van der Waals surface area contributed by atoms with E-state index >= 15 is 0 Å². The molecule has 0 aliphatic heterocycles. The number of rotatable bonds is 7. The molecule has 31 heavy (non-hydrogen) atoms. The summed E-state index contributed by atoms with van der Waals surface area (Å²) in [4.78, 5) is 26.0. The Morgan fingerprint density at radius 1 is 1.32 bits per heavy atom. The molecule has 0 aromatic carbocycles. The predicted octanol–water partition coefficient (Wildman–Crippen LogP) is 5.21. The number of allylic oxidation sites excluding steroid dienone is 3. The lowest BCUT2D eigenvalue weighted by atomic mass is 9.69. The molecule has 0 aromatic rings. The third kappa shape index (κ3) is 5.05. The summed E-state index contributed by atoms with van der Waals surface area (Å²) in [7, 11) is 1.60. The first-order chi connectivity index (χ1) is 14.6. The number of hydrogen-bond acceptors (Lipinski definition) is 5. The SMILES string of the molecule is CCOC(=O)C(CC1=C2CC[C@H](OC(C)(C)C)[C@@]2(C)CCC1=O)C1=CC=C=C(OC)C1. The van der Waals surface area contributed by atoms with Crippen molar-refractivity contribution in [1.82, 2.24) is 0 Å². The second-order valence-corrected chi connectivity index (χ2v) is 9.92. The van der Waals surface area contributed by atoms with Crippen molar-refractivity contribution in [2.24, 2.45) is 11.3 Å². The molecule has 0 heterocycles. The van der Waals surface area contributed by atoms with Crippen molar-refractivity contribution in [3.63, 3.8) is 0 Å². The number of hydrogen-bond donors (Lipinski definition) is 0. The lowest BCUT2D eigenvalue weighted by Crippen LogP contribution is -2.39. The van der Waals surface area contributed by atoms with Crippen LogP contribution in [0.4, 0.5) is 0 Å². The average molecular weight is 429 g/mol. The van der Waals surface area contributed by atoms with Crippen LogP contribution in [0.2, 0.25) is 0 Å². The van der Waals surface area contributed by atoms with E-state index in [2.05, 4.69) is 33.4 Å². The third-order valence-electron chi connectivity index (χ3n) is 6.70. The Bertz CT molecular complexity index is 863. The minimum atomic E-state index is -0.500. The number of Topliss-reactive ketones (excluding diaryl/α,β-unsaturated/α-hetero) is 1. The molecule has 1 fully saturated rings. The molecule has 3 aliphatic carbocycles. The van der Waals surface area contributed by atoms with E-state index in [0.29, 0.717) is 31.6 Å². The van der Waals surface area contributed by atoms with Crippen LogP contribution in [0, 0.1) is 11.3 Å². The van der Waals surface area contributed by atoms with Gasteiger partial charge in [0.2, 0.25) is 0 Å². The minimum Gasteiger partial charge on any atom is -0.493 e. The van der Waals surface area contributed by atoms with Crippen LogP contribution in [-0.2, 0) is 23.8 Å². The fourth-order valence-electron chi connectivity index (χ4n) is 5.15. The first-order valence-corrected chi connectivity index (χ1v) is 11.4. The van der Waals surface area contributed by atoms with E-state index in [1.807, 2.05) is 6.08 Å². The maximum Gasteiger partial charge on any atom is 0.313 e. The highest BCUT2D eigenvalue weighted by atomic mass is 16.5. The van der Waals surface area contributed by atoms with Crippen LogP contribution in [0.25, 0.3) is 0 Å². The fraction of sp³-hybridized carbons (Fsp3) is 0.654. The molecule has 0 radical (unpaired) electrons. The van der Waals surface area contributed by atoms with Gasteiger partial charge in [0.05, 0.1) is 31.3 Å². The molecular formula is C26H36O5. The maximum atomic E-state index is 13.1. The number of methoxy groups -OCH3 is 1. The smallest absolute Gasteiger partial charge is 0.313 e. The van der Waals surface area contributed by atoms with Crippen molar-refractivity contribution in [2.75, 3.05) is 13.7 Å². The highest BCUT2D eigenvalue weighted by Crippen LogP contribution is 2.53. The van der Waals surface area contributed by atoms with Gasteiger partial charge in [0.1, 0.15) is 5.76 Å². The first kappa shape index (κ1) is 23.6. The van der Waals surface area contributed by atoms with E-state index < -0.39 is 5.92 Å². The molecule has 170 valence electrons. The summed E-state index contributed by atoms with van der Waals surface area (Å²) < 4.78 is 17.2. The van der Waals surface area contributed by atoms with Gasteiger partial charge in [-0.25, -0.2) is 0 Å². The van der Waals surface area contributed by atoms with Crippen LogP contribution in [0.15, 0.2) is 40.4 Å². The van der Waals surface area contributed by atoms with Gasteiger partial charge in [0.25, 0.3) is 0 Å². The highest BCUT2D eigenvalue weighted by molar-refractivity contribution is 5.98. The normalized spacial score (nSPS) is 26.9. The quantitative estimate of drug-likeness (QED) is 0.411. The fourth-order valence-corrected chi connectivity index (χ4v) is 5.15. The lowest BCUT2D eigenvalue weighted by molar-refractivity contribution is -0.146. The standard InChI is InChI=1S/C26H36O5/c1-7-30-24(28)19(17-9-8-10-18(15-17)29-6)16-20-21-11-12-23(31-25(2,3)4)26(21,5)14-13-22(20)27/h8-9,19,23H,7,11-16H2,1-6H3/t19?,23-,26-/m0/s1. The van der Waals surface area contributed by atoms with Crippen molar-refractivity contribution in [2.45, 2.75) is 84.8 Å². The van der Waals surface area contributed by atoms with Gasteiger partial charge in [-0.15, -0.1) is 0 Å². The van der Waals surface area contributed by atoms with Crippen molar-refractivity contribution in [3.05, 3.63) is 40.4 Å².